The Kier molecular flexibility index (Phi) is 6.14. The molecule has 0 N–H and O–H groups in total. The van der Waals surface area contributed by atoms with Crippen LogP contribution in [-0.4, -0.2) is 51.0 Å². The lowest BCUT2D eigenvalue weighted by Gasteiger charge is -2.49. The number of fused-ring (bicyclic) bond motifs is 6. The summed E-state index contributed by atoms with van der Waals surface area (Å²) >= 11 is 0. The van der Waals surface area contributed by atoms with E-state index in [9.17, 15) is 9.59 Å². The highest BCUT2D eigenvalue weighted by Crippen LogP contribution is 2.54. The van der Waals surface area contributed by atoms with E-state index in [1.165, 1.54) is 6.92 Å². The molecule has 0 unspecified atom stereocenters. The molecule has 0 saturated carbocycles. The zero-order valence-corrected chi connectivity index (χ0v) is 19.4. The average Bonchev–Trinajstić information content (AvgIpc) is 2.75. The number of methoxy groups -OCH3 is 2. The first-order valence-electron chi connectivity index (χ1n) is 11.0. The number of hydrogen-bond donors (Lipinski definition) is 0. The van der Waals surface area contributed by atoms with E-state index in [0.717, 1.165) is 23.2 Å². The van der Waals surface area contributed by atoms with Gasteiger partial charge in [0, 0.05) is 49.3 Å². The fraction of sp³-hybridized carbons (Fsp3) is 0.520. The van der Waals surface area contributed by atoms with Crippen molar-refractivity contribution in [3.05, 3.63) is 45.7 Å². The molecule has 2 atom stereocenters. The highest BCUT2D eigenvalue weighted by molar-refractivity contribution is 5.94. The minimum atomic E-state index is -0.267. The summed E-state index contributed by atoms with van der Waals surface area (Å²) in [5, 5.41) is 0. The number of nitrogens with zero attached hydrogens (tertiary/aromatic N) is 1. The van der Waals surface area contributed by atoms with E-state index < -0.39 is 0 Å². The molecule has 2 aliphatic heterocycles. The topological polar surface area (TPSA) is 76.0 Å². The van der Waals surface area contributed by atoms with Crippen LogP contribution in [0.1, 0.15) is 55.1 Å². The van der Waals surface area contributed by atoms with Crippen LogP contribution in [-0.2, 0) is 9.47 Å². The van der Waals surface area contributed by atoms with Crippen molar-refractivity contribution < 1.29 is 23.7 Å². The number of hydrogen-bond acceptors (Lipinski definition) is 6. The van der Waals surface area contributed by atoms with Crippen LogP contribution in [0.15, 0.2) is 29.2 Å². The summed E-state index contributed by atoms with van der Waals surface area (Å²) in [6.07, 6.45) is 2.50. The van der Waals surface area contributed by atoms with Gasteiger partial charge in [-0.3, -0.25) is 9.59 Å². The van der Waals surface area contributed by atoms with Crippen molar-refractivity contribution in [2.75, 3.05) is 40.6 Å². The Morgan fingerprint density at radius 1 is 1.19 bits per heavy atom. The molecule has 7 heteroatoms. The van der Waals surface area contributed by atoms with Gasteiger partial charge in [-0.1, -0.05) is 13.8 Å². The molecule has 0 bridgehead atoms. The number of pyridine rings is 1. The van der Waals surface area contributed by atoms with Crippen molar-refractivity contribution in [1.29, 1.82) is 0 Å². The first-order valence-corrected chi connectivity index (χ1v) is 11.0. The van der Waals surface area contributed by atoms with Gasteiger partial charge in [-0.25, -0.2) is 0 Å². The fourth-order valence-corrected chi connectivity index (χ4v) is 5.02. The molecule has 0 aliphatic carbocycles. The van der Waals surface area contributed by atoms with Gasteiger partial charge in [0.05, 0.1) is 44.2 Å². The number of carbonyl (C=O) groups is 1. The predicted octanol–water partition coefficient (Wildman–Crippen LogP) is 3.84. The molecule has 172 valence electrons. The zero-order valence-electron chi connectivity index (χ0n) is 19.4. The van der Waals surface area contributed by atoms with E-state index >= 15 is 0 Å². The molecular weight excluding hydrogens is 410 g/mol. The maximum atomic E-state index is 12.8. The summed E-state index contributed by atoms with van der Waals surface area (Å²) in [7, 11) is 3.27. The van der Waals surface area contributed by atoms with Crippen LogP contribution < -0.4 is 14.9 Å². The smallest absolute Gasteiger partial charge is 0.192 e. The molecule has 0 radical (unpaired) electrons. The number of rotatable bonds is 7. The molecule has 7 nitrogen and oxygen atoms in total. The highest BCUT2D eigenvalue weighted by Gasteiger charge is 2.46. The normalized spacial score (nSPS) is 20.7. The van der Waals surface area contributed by atoms with Gasteiger partial charge in [-0.2, -0.15) is 0 Å². The quantitative estimate of drug-likeness (QED) is 0.480. The minimum Gasteiger partial charge on any atom is -0.493 e. The first kappa shape index (κ1) is 22.6. The Labute approximate surface area is 188 Å². The SMILES string of the molecule is COCCCOc1cc2c(cc1OC)-c1cc(=O)c(C(C)=O)cn1[C@H]1[C@@H]2COCC1(C)C. The standard InChI is InChI=1S/C25H31NO6/c1-15(27)18-12-26-20(11-21(18)28)17-10-22(30-5)23(32-8-6-7-29-4)9-16(17)19-13-31-14-25(2,3)24(19)26/h9-12,19,24H,6-8,13-14H2,1-5H3/t19-,24+/m1/s1. The van der Waals surface area contributed by atoms with Crippen LogP contribution >= 0.6 is 0 Å². The lowest BCUT2D eigenvalue weighted by atomic mass is 9.70. The number of ether oxygens (including phenoxy) is 4. The number of Topliss-reactive ketones (excluding diaryl/α,β-unsaturated/α-hetero) is 1. The fourth-order valence-electron chi connectivity index (χ4n) is 5.02. The highest BCUT2D eigenvalue weighted by atomic mass is 16.5. The minimum absolute atomic E-state index is 0.0344. The van der Waals surface area contributed by atoms with Crippen LogP contribution in [0.2, 0.25) is 0 Å². The average molecular weight is 442 g/mol. The van der Waals surface area contributed by atoms with Crippen LogP contribution in [0.5, 0.6) is 11.5 Å². The maximum Gasteiger partial charge on any atom is 0.192 e. The lowest BCUT2D eigenvalue weighted by Crippen LogP contribution is -2.45. The van der Waals surface area contributed by atoms with Crippen LogP contribution in [0.3, 0.4) is 0 Å². The largest absolute Gasteiger partial charge is 0.493 e. The van der Waals surface area contributed by atoms with Crippen LogP contribution in [0.4, 0.5) is 0 Å². The second kappa shape index (κ2) is 8.71. The molecule has 1 fully saturated rings. The summed E-state index contributed by atoms with van der Waals surface area (Å²) in [5.41, 5.74) is 2.51. The predicted molar refractivity (Wildman–Crippen MR) is 121 cm³/mol. The Bertz CT molecular complexity index is 1090. The van der Waals surface area contributed by atoms with Crippen LogP contribution in [0, 0.1) is 5.41 Å². The molecular formula is C25H31NO6. The van der Waals surface area contributed by atoms with Gasteiger partial charge in [0.25, 0.3) is 0 Å². The number of ketones is 1. The Hall–Kier alpha value is -2.64. The van der Waals surface area contributed by atoms with Gasteiger partial charge >= 0.3 is 0 Å². The van der Waals surface area contributed by atoms with E-state index in [-0.39, 0.29) is 34.2 Å². The summed E-state index contributed by atoms with van der Waals surface area (Å²) < 4.78 is 24.9. The first-order chi connectivity index (χ1) is 15.3. The van der Waals surface area contributed by atoms with Gasteiger partial charge in [0.15, 0.2) is 22.7 Å². The van der Waals surface area contributed by atoms with Crippen molar-refractivity contribution in [1.82, 2.24) is 4.57 Å². The second-order valence-electron chi connectivity index (χ2n) is 9.24. The Balaban J connectivity index is 1.90. The molecule has 1 aromatic carbocycles. The molecule has 32 heavy (non-hydrogen) atoms. The van der Waals surface area contributed by atoms with Gasteiger partial charge in [-0.15, -0.1) is 0 Å². The molecule has 1 aromatic heterocycles. The molecule has 0 amide bonds. The van der Waals surface area contributed by atoms with Gasteiger partial charge < -0.3 is 23.5 Å². The third kappa shape index (κ3) is 3.84. The lowest BCUT2D eigenvalue weighted by molar-refractivity contribution is -0.0430. The Morgan fingerprint density at radius 2 is 1.97 bits per heavy atom. The van der Waals surface area contributed by atoms with Crippen LogP contribution in [0.25, 0.3) is 11.3 Å². The Morgan fingerprint density at radius 3 is 2.66 bits per heavy atom. The monoisotopic (exact) mass is 441 g/mol. The van der Waals surface area contributed by atoms with E-state index in [1.54, 1.807) is 26.5 Å². The van der Waals surface area contributed by atoms with Crippen molar-refractivity contribution in [3.63, 3.8) is 0 Å². The third-order valence-corrected chi connectivity index (χ3v) is 6.47. The van der Waals surface area contributed by atoms with E-state index in [2.05, 4.69) is 18.4 Å². The van der Waals surface area contributed by atoms with Gasteiger partial charge in [0.1, 0.15) is 0 Å². The summed E-state index contributed by atoms with van der Waals surface area (Å²) in [5.74, 6) is 1.09. The van der Waals surface area contributed by atoms with Crippen molar-refractivity contribution >= 4 is 5.78 Å². The zero-order chi connectivity index (χ0) is 23.0. The molecule has 2 aromatic rings. The van der Waals surface area contributed by atoms with Crippen molar-refractivity contribution in [3.8, 4) is 22.8 Å². The molecule has 2 aliphatic rings. The molecule has 1 saturated heterocycles. The summed E-state index contributed by atoms with van der Waals surface area (Å²) in [4.78, 5) is 24.9. The second-order valence-corrected chi connectivity index (χ2v) is 9.24. The molecule has 4 rings (SSSR count). The van der Waals surface area contributed by atoms with Gasteiger partial charge in [-0.05, 0) is 24.6 Å². The van der Waals surface area contributed by atoms with Crippen molar-refractivity contribution in [2.45, 2.75) is 39.2 Å². The molecule has 0 spiro atoms. The number of benzene rings is 1. The summed E-state index contributed by atoms with van der Waals surface area (Å²) in [6, 6.07) is 5.57. The number of aromatic nitrogens is 1. The summed E-state index contributed by atoms with van der Waals surface area (Å²) in [6.45, 7) is 8.04. The van der Waals surface area contributed by atoms with Crippen molar-refractivity contribution in [2.24, 2.45) is 5.41 Å². The molecule has 3 heterocycles. The van der Waals surface area contributed by atoms with E-state index in [4.69, 9.17) is 18.9 Å². The van der Waals surface area contributed by atoms with Gasteiger partial charge in [0.2, 0.25) is 0 Å². The van der Waals surface area contributed by atoms with E-state index in [1.807, 2.05) is 12.1 Å². The number of carbonyl (C=O) groups excluding carboxylic acids is 1. The maximum absolute atomic E-state index is 12.8. The third-order valence-electron chi connectivity index (χ3n) is 6.47. The van der Waals surface area contributed by atoms with E-state index in [0.29, 0.717) is 37.9 Å².